The van der Waals surface area contributed by atoms with Crippen molar-refractivity contribution >= 4 is 24.6 Å². The summed E-state index contributed by atoms with van der Waals surface area (Å²) >= 11 is 0. The van der Waals surface area contributed by atoms with Crippen molar-refractivity contribution in [1.29, 1.82) is 0 Å². The fourth-order valence-corrected chi connectivity index (χ4v) is 8.43. The van der Waals surface area contributed by atoms with Gasteiger partial charge in [-0.3, -0.25) is 9.63 Å². The molecule has 0 aliphatic rings. The summed E-state index contributed by atoms with van der Waals surface area (Å²) < 4.78 is 6.87. The average Bonchev–Trinajstić information content (AvgIpc) is 2.80. The molecule has 0 aromatic heterocycles. The standard InChI is InChI=1S/C27H37NO3Si/c1-27(2,3)32(24-18-12-10-13-19-24,25-20-14-11-15-21-25)31-23-17-9-7-6-8-16-22-26(29)28(4)30-5/h7,9-16,18-22H,6,8,17,23H2,1-5H3. The van der Waals surface area contributed by atoms with E-state index < -0.39 is 8.32 Å². The molecule has 2 aromatic carbocycles. The van der Waals surface area contributed by atoms with Crippen molar-refractivity contribution in [2.75, 3.05) is 20.8 Å². The molecular formula is C27H37NO3Si. The highest BCUT2D eigenvalue weighted by Crippen LogP contribution is 2.36. The van der Waals surface area contributed by atoms with E-state index in [0.717, 1.165) is 19.3 Å². The maximum atomic E-state index is 11.6. The molecule has 0 radical (unpaired) electrons. The Morgan fingerprint density at radius 1 is 0.875 bits per heavy atom. The third-order valence-electron chi connectivity index (χ3n) is 5.53. The number of carbonyl (C=O) groups is 1. The van der Waals surface area contributed by atoms with Crippen LogP contribution in [0, 0.1) is 0 Å². The SMILES string of the molecule is CON(C)C(=O)C=CCCC=CCCO[Si](c1ccccc1)(c1ccccc1)C(C)(C)C. The summed E-state index contributed by atoms with van der Waals surface area (Å²) in [5, 5.41) is 3.80. The molecule has 2 rings (SSSR count). The van der Waals surface area contributed by atoms with Crippen LogP contribution in [0.1, 0.15) is 40.0 Å². The number of amides is 1. The molecule has 0 aliphatic carbocycles. The van der Waals surface area contributed by atoms with Crippen LogP contribution in [-0.2, 0) is 14.1 Å². The van der Waals surface area contributed by atoms with E-state index in [1.54, 1.807) is 13.1 Å². The molecule has 4 nitrogen and oxygen atoms in total. The molecule has 0 fully saturated rings. The molecule has 0 atom stereocenters. The number of hydrogen-bond donors (Lipinski definition) is 0. The first-order valence-electron chi connectivity index (χ1n) is 11.2. The van der Waals surface area contributed by atoms with E-state index in [-0.39, 0.29) is 10.9 Å². The first-order chi connectivity index (χ1) is 15.3. The molecule has 172 valence electrons. The van der Waals surface area contributed by atoms with Crippen LogP contribution in [0.5, 0.6) is 0 Å². The number of unbranched alkanes of at least 4 members (excludes halogenated alkanes) is 1. The van der Waals surface area contributed by atoms with Crippen LogP contribution in [0.3, 0.4) is 0 Å². The van der Waals surface area contributed by atoms with Gasteiger partial charge in [0.25, 0.3) is 14.2 Å². The monoisotopic (exact) mass is 451 g/mol. The van der Waals surface area contributed by atoms with Gasteiger partial charge in [-0.15, -0.1) is 0 Å². The molecule has 0 N–H and O–H groups in total. The number of hydroxylamine groups is 2. The first kappa shape index (κ1) is 25.8. The van der Waals surface area contributed by atoms with E-state index in [1.807, 2.05) is 6.08 Å². The third kappa shape index (κ3) is 6.76. The van der Waals surface area contributed by atoms with Crippen molar-refractivity contribution < 1.29 is 14.1 Å². The van der Waals surface area contributed by atoms with Crippen LogP contribution in [0.15, 0.2) is 85.0 Å². The fraction of sp³-hybridized carbons (Fsp3) is 0.370. The van der Waals surface area contributed by atoms with Gasteiger partial charge in [0.05, 0.1) is 7.11 Å². The van der Waals surface area contributed by atoms with Gasteiger partial charge in [-0.25, -0.2) is 5.06 Å². The summed E-state index contributed by atoms with van der Waals surface area (Å²) in [6.45, 7) is 7.56. The second kappa shape index (κ2) is 12.5. The van der Waals surface area contributed by atoms with Crippen LogP contribution in [-0.4, -0.2) is 40.1 Å². The molecule has 0 saturated carbocycles. The number of hydrogen-bond acceptors (Lipinski definition) is 3. The molecule has 5 heteroatoms. The summed E-state index contributed by atoms with van der Waals surface area (Å²) in [4.78, 5) is 16.5. The molecule has 0 unspecified atom stereocenters. The highest BCUT2D eigenvalue weighted by molar-refractivity contribution is 6.99. The van der Waals surface area contributed by atoms with Gasteiger partial charge in [0.2, 0.25) is 0 Å². The number of carbonyl (C=O) groups excluding carboxylic acids is 1. The lowest BCUT2D eigenvalue weighted by Gasteiger charge is -2.43. The number of benzene rings is 2. The molecule has 0 bridgehead atoms. The summed E-state index contributed by atoms with van der Waals surface area (Å²) in [5.41, 5.74) is 0. The van der Waals surface area contributed by atoms with Gasteiger partial charge in [0.15, 0.2) is 0 Å². The maximum absolute atomic E-state index is 11.6. The number of nitrogens with zero attached hydrogens (tertiary/aromatic N) is 1. The molecule has 0 aliphatic heterocycles. The zero-order chi connectivity index (χ0) is 23.5. The van der Waals surface area contributed by atoms with Gasteiger partial charge in [-0.2, -0.15) is 0 Å². The fourth-order valence-electron chi connectivity index (χ4n) is 3.85. The Bertz CT molecular complexity index is 833. The lowest BCUT2D eigenvalue weighted by Crippen LogP contribution is -2.66. The van der Waals surface area contributed by atoms with Crippen LogP contribution in [0.4, 0.5) is 0 Å². The Morgan fingerprint density at radius 3 is 1.88 bits per heavy atom. The summed E-state index contributed by atoms with van der Waals surface area (Å²) in [5.74, 6) is -0.157. The Labute approximate surface area is 194 Å². The van der Waals surface area contributed by atoms with Gasteiger partial charge in [-0.05, 0) is 34.7 Å². The molecular weight excluding hydrogens is 414 g/mol. The molecule has 32 heavy (non-hydrogen) atoms. The lowest BCUT2D eigenvalue weighted by atomic mass is 10.2. The van der Waals surface area contributed by atoms with Crippen molar-refractivity contribution in [3.05, 3.63) is 85.0 Å². The third-order valence-corrected chi connectivity index (χ3v) is 10.6. The summed E-state index contributed by atoms with van der Waals surface area (Å²) in [7, 11) is 0.615. The summed E-state index contributed by atoms with van der Waals surface area (Å²) in [6.07, 6.45) is 10.3. The number of rotatable bonds is 11. The number of likely N-dealkylation sites (N-methyl/N-ethyl adjacent to an activating group) is 1. The van der Waals surface area contributed by atoms with Gasteiger partial charge < -0.3 is 4.43 Å². The maximum Gasteiger partial charge on any atom is 0.269 e. The van der Waals surface area contributed by atoms with E-state index in [1.165, 1.54) is 22.5 Å². The highest BCUT2D eigenvalue weighted by atomic mass is 28.4. The molecule has 0 spiro atoms. The second-order valence-electron chi connectivity index (χ2n) is 8.77. The van der Waals surface area contributed by atoms with Crippen LogP contribution in [0.2, 0.25) is 5.04 Å². The Hall–Kier alpha value is -2.47. The minimum absolute atomic E-state index is 0.00782. The molecule has 1 amide bonds. The van der Waals surface area contributed by atoms with E-state index >= 15 is 0 Å². The quantitative estimate of drug-likeness (QED) is 0.161. The molecule has 2 aromatic rings. The van der Waals surface area contributed by atoms with Gasteiger partial charge >= 0.3 is 0 Å². The summed E-state index contributed by atoms with van der Waals surface area (Å²) in [6, 6.07) is 21.4. The minimum Gasteiger partial charge on any atom is -0.407 e. The normalized spacial score (nSPS) is 12.5. The first-order valence-corrected chi connectivity index (χ1v) is 13.1. The largest absolute Gasteiger partial charge is 0.407 e. The van der Waals surface area contributed by atoms with E-state index in [4.69, 9.17) is 9.26 Å². The van der Waals surface area contributed by atoms with E-state index in [9.17, 15) is 4.79 Å². The molecule has 0 saturated heterocycles. The van der Waals surface area contributed by atoms with Gasteiger partial charge in [0, 0.05) is 19.7 Å². The average molecular weight is 452 g/mol. The predicted octanol–water partition coefficient (Wildman–Crippen LogP) is 4.87. The van der Waals surface area contributed by atoms with Crippen molar-refractivity contribution in [1.82, 2.24) is 5.06 Å². The zero-order valence-electron chi connectivity index (χ0n) is 20.1. The molecule has 0 heterocycles. The van der Waals surface area contributed by atoms with Crippen molar-refractivity contribution in [2.24, 2.45) is 0 Å². The number of allylic oxidation sites excluding steroid dienone is 2. The predicted molar refractivity (Wildman–Crippen MR) is 135 cm³/mol. The minimum atomic E-state index is -2.46. The second-order valence-corrected chi connectivity index (χ2v) is 13.1. The van der Waals surface area contributed by atoms with Crippen LogP contribution < -0.4 is 10.4 Å². The van der Waals surface area contributed by atoms with E-state index in [0.29, 0.717) is 6.61 Å². The lowest BCUT2D eigenvalue weighted by molar-refractivity contribution is -0.162. The zero-order valence-corrected chi connectivity index (χ0v) is 21.1. The van der Waals surface area contributed by atoms with Crippen LogP contribution in [0.25, 0.3) is 0 Å². The van der Waals surface area contributed by atoms with Crippen LogP contribution >= 0.6 is 0 Å². The Kier molecular flexibility index (Phi) is 10.1. The smallest absolute Gasteiger partial charge is 0.269 e. The van der Waals surface area contributed by atoms with Crippen molar-refractivity contribution in [2.45, 2.75) is 45.1 Å². The Morgan fingerprint density at radius 2 is 1.38 bits per heavy atom. The topological polar surface area (TPSA) is 38.8 Å². The van der Waals surface area contributed by atoms with Gasteiger partial charge in [-0.1, -0.05) is 99.7 Å². The highest BCUT2D eigenvalue weighted by Gasteiger charge is 2.49. The van der Waals surface area contributed by atoms with Gasteiger partial charge in [0.1, 0.15) is 0 Å². The van der Waals surface area contributed by atoms with E-state index in [2.05, 4.69) is 93.6 Å². The van der Waals surface area contributed by atoms with Crippen molar-refractivity contribution in [3.8, 4) is 0 Å². The Balaban J connectivity index is 2.02. The van der Waals surface area contributed by atoms with Crippen molar-refractivity contribution in [3.63, 3.8) is 0 Å².